The lowest BCUT2D eigenvalue weighted by molar-refractivity contribution is 0.144. The molecule has 6 heteroatoms. The zero-order valence-corrected chi connectivity index (χ0v) is 16.9. The van der Waals surface area contributed by atoms with Crippen molar-refractivity contribution in [3.05, 3.63) is 95.1 Å². The van der Waals surface area contributed by atoms with E-state index in [0.717, 1.165) is 34.4 Å². The van der Waals surface area contributed by atoms with Crippen molar-refractivity contribution in [2.75, 3.05) is 20.3 Å². The van der Waals surface area contributed by atoms with Gasteiger partial charge in [-0.3, -0.25) is 0 Å². The van der Waals surface area contributed by atoms with E-state index < -0.39 is 17.7 Å². The van der Waals surface area contributed by atoms with Crippen LogP contribution in [-0.2, 0) is 4.74 Å². The van der Waals surface area contributed by atoms with Gasteiger partial charge in [0.05, 0.1) is 7.11 Å². The van der Waals surface area contributed by atoms with Crippen LogP contribution in [0.2, 0.25) is 0 Å². The Morgan fingerprint density at radius 2 is 1.58 bits per heavy atom. The zero-order valence-electron chi connectivity index (χ0n) is 16.9. The lowest BCUT2D eigenvalue weighted by atomic mass is 9.98. The van der Waals surface area contributed by atoms with Crippen molar-refractivity contribution in [1.82, 2.24) is 5.32 Å². The molecule has 0 aromatic heterocycles. The number of fused-ring (bicyclic) bond motifs is 3. The number of halogens is 2. The summed E-state index contributed by atoms with van der Waals surface area (Å²) in [7, 11) is 1.34. The molecule has 0 aliphatic heterocycles. The van der Waals surface area contributed by atoms with Gasteiger partial charge in [0.2, 0.25) is 0 Å². The van der Waals surface area contributed by atoms with Crippen molar-refractivity contribution in [2.24, 2.45) is 0 Å². The maximum atomic E-state index is 13.9. The summed E-state index contributed by atoms with van der Waals surface area (Å²) in [6, 6.07) is 18.3. The number of rotatable bonds is 6. The number of benzene rings is 3. The van der Waals surface area contributed by atoms with E-state index in [2.05, 4.69) is 17.4 Å². The van der Waals surface area contributed by atoms with Crippen molar-refractivity contribution in [1.29, 1.82) is 0 Å². The van der Waals surface area contributed by atoms with E-state index in [1.54, 1.807) is 0 Å². The van der Waals surface area contributed by atoms with Crippen LogP contribution in [0.15, 0.2) is 66.7 Å². The Bertz CT molecular complexity index is 1070. The number of hydrogen-bond donors (Lipinski definition) is 1. The van der Waals surface area contributed by atoms with E-state index in [9.17, 15) is 13.6 Å². The molecule has 0 spiro atoms. The lowest BCUT2D eigenvalue weighted by Crippen LogP contribution is -2.26. The molecule has 0 saturated carbocycles. The molecule has 158 valence electrons. The molecule has 1 N–H and O–H groups in total. The van der Waals surface area contributed by atoms with Gasteiger partial charge in [0.25, 0.3) is 0 Å². The summed E-state index contributed by atoms with van der Waals surface area (Å²) < 4.78 is 38.1. The van der Waals surface area contributed by atoms with Gasteiger partial charge in [-0.15, -0.1) is 0 Å². The minimum absolute atomic E-state index is 0.0313. The number of carbonyl (C=O) groups is 1. The second-order valence-electron chi connectivity index (χ2n) is 7.11. The molecule has 0 atom stereocenters. The highest BCUT2D eigenvalue weighted by atomic mass is 19.1. The summed E-state index contributed by atoms with van der Waals surface area (Å²) in [6.07, 6.45) is 2.13. The maximum absolute atomic E-state index is 13.9. The summed E-state index contributed by atoms with van der Waals surface area (Å²) in [5, 5.41) is 2.57. The van der Waals surface area contributed by atoms with Gasteiger partial charge in [-0.1, -0.05) is 60.7 Å². The first-order chi connectivity index (χ1) is 15.1. The zero-order chi connectivity index (χ0) is 21.8. The van der Waals surface area contributed by atoms with Gasteiger partial charge in [0, 0.05) is 30.2 Å². The normalized spacial score (nSPS) is 12.5. The fourth-order valence-corrected chi connectivity index (χ4v) is 3.81. The minimum Gasteiger partial charge on any atom is -0.497 e. The van der Waals surface area contributed by atoms with E-state index in [0.29, 0.717) is 0 Å². The molecule has 1 amide bonds. The van der Waals surface area contributed by atoms with Crippen molar-refractivity contribution in [3.8, 4) is 16.9 Å². The van der Waals surface area contributed by atoms with Crippen LogP contribution in [-0.4, -0.2) is 26.4 Å². The van der Waals surface area contributed by atoms with Gasteiger partial charge in [-0.25, -0.2) is 13.6 Å². The molecule has 1 aliphatic rings. The molecule has 3 aromatic carbocycles. The van der Waals surface area contributed by atoms with Crippen molar-refractivity contribution in [3.63, 3.8) is 0 Å². The van der Waals surface area contributed by atoms with Gasteiger partial charge in [0.15, 0.2) is 0 Å². The second-order valence-corrected chi connectivity index (χ2v) is 7.11. The molecular weight excluding hydrogens is 400 g/mol. The van der Waals surface area contributed by atoms with Gasteiger partial charge < -0.3 is 14.8 Å². The molecule has 0 saturated heterocycles. The van der Waals surface area contributed by atoms with E-state index in [1.807, 2.05) is 36.4 Å². The van der Waals surface area contributed by atoms with Crippen LogP contribution in [0.5, 0.6) is 5.75 Å². The van der Waals surface area contributed by atoms with Crippen LogP contribution in [0.25, 0.3) is 17.2 Å². The highest BCUT2D eigenvalue weighted by Gasteiger charge is 2.28. The fourth-order valence-electron chi connectivity index (χ4n) is 3.81. The number of amides is 1. The van der Waals surface area contributed by atoms with Crippen LogP contribution < -0.4 is 10.1 Å². The van der Waals surface area contributed by atoms with Gasteiger partial charge in [0.1, 0.15) is 24.0 Å². The molecule has 0 unspecified atom stereocenters. The molecule has 3 aromatic rings. The Morgan fingerprint density at radius 3 is 2.16 bits per heavy atom. The van der Waals surface area contributed by atoms with Crippen LogP contribution in [0.1, 0.15) is 22.6 Å². The number of nitrogens with one attached hydrogen (secondary N) is 1. The first-order valence-electron chi connectivity index (χ1n) is 9.87. The smallest absolute Gasteiger partial charge is 0.407 e. The highest BCUT2D eigenvalue weighted by Crippen LogP contribution is 2.44. The molecule has 0 fully saturated rings. The molecule has 0 heterocycles. The van der Waals surface area contributed by atoms with Crippen LogP contribution in [0, 0.1) is 11.6 Å². The van der Waals surface area contributed by atoms with Gasteiger partial charge in [-0.2, -0.15) is 0 Å². The average molecular weight is 421 g/mol. The predicted octanol–water partition coefficient (Wildman–Crippen LogP) is 5.53. The summed E-state index contributed by atoms with van der Waals surface area (Å²) in [5.41, 5.74) is 4.36. The predicted molar refractivity (Wildman–Crippen MR) is 115 cm³/mol. The van der Waals surface area contributed by atoms with Crippen LogP contribution in [0.4, 0.5) is 13.6 Å². The second kappa shape index (κ2) is 9.00. The summed E-state index contributed by atoms with van der Waals surface area (Å²) >= 11 is 0. The fraction of sp³-hybridized carbons (Fsp3) is 0.160. The Balaban J connectivity index is 1.34. The molecule has 0 bridgehead atoms. The van der Waals surface area contributed by atoms with E-state index in [-0.39, 0.29) is 30.4 Å². The Kier molecular flexibility index (Phi) is 5.98. The molecule has 4 rings (SSSR count). The quantitative estimate of drug-likeness (QED) is 0.570. The van der Waals surface area contributed by atoms with Gasteiger partial charge >= 0.3 is 6.09 Å². The number of carbonyl (C=O) groups excluding carboxylic acids is 1. The van der Waals surface area contributed by atoms with Crippen molar-refractivity contribution in [2.45, 2.75) is 5.92 Å². The monoisotopic (exact) mass is 421 g/mol. The third-order valence-corrected chi connectivity index (χ3v) is 5.28. The Hall–Kier alpha value is -3.67. The van der Waals surface area contributed by atoms with E-state index >= 15 is 0 Å². The molecule has 31 heavy (non-hydrogen) atoms. The van der Waals surface area contributed by atoms with Crippen LogP contribution >= 0.6 is 0 Å². The number of hydrogen-bond acceptors (Lipinski definition) is 3. The molecule has 0 radical (unpaired) electrons. The summed E-state index contributed by atoms with van der Waals surface area (Å²) in [5.74, 6) is -1.41. The molecular formula is C25H21F2NO3. The SMILES string of the molecule is COc1cc(F)c(C=CCNC(=O)OCC2c3ccccc3-c3ccccc32)c(F)c1. The van der Waals surface area contributed by atoms with E-state index in [4.69, 9.17) is 9.47 Å². The first kappa shape index (κ1) is 20.6. The number of methoxy groups -OCH3 is 1. The molecule has 1 aliphatic carbocycles. The Morgan fingerprint density at radius 1 is 1.00 bits per heavy atom. The average Bonchev–Trinajstić information content (AvgIpc) is 3.10. The van der Waals surface area contributed by atoms with E-state index in [1.165, 1.54) is 19.3 Å². The van der Waals surface area contributed by atoms with Crippen molar-refractivity contribution >= 4 is 12.2 Å². The largest absolute Gasteiger partial charge is 0.497 e. The van der Waals surface area contributed by atoms with Crippen molar-refractivity contribution < 1.29 is 23.0 Å². The van der Waals surface area contributed by atoms with Gasteiger partial charge in [-0.05, 0) is 22.3 Å². The Labute approximate surface area is 179 Å². The number of ether oxygens (including phenoxy) is 2. The lowest BCUT2D eigenvalue weighted by Gasteiger charge is -2.14. The summed E-state index contributed by atoms with van der Waals surface area (Å²) in [6.45, 7) is 0.271. The minimum atomic E-state index is -0.741. The molecule has 4 nitrogen and oxygen atoms in total. The standard InChI is InChI=1S/C25H21F2NO3/c1-30-16-13-23(26)21(24(27)14-16)11-6-12-28-25(29)31-15-22-19-9-4-2-7-17(19)18-8-3-5-10-20(18)22/h2-11,13-14,22H,12,15H2,1H3,(H,28,29). The maximum Gasteiger partial charge on any atom is 0.407 e. The first-order valence-corrected chi connectivity index (χ1v) is 9.87. The highest BCUT2D eigenvalue weighted by molar-refractivity contribution is 5.79. The topological polar surface area (TPSA) is 47.6 Å². The summed E-state index contributed by atoms with van der Waals surface area (Å²) in [4.78, 5) is 12.1. The van der Waals surface area contributed by atoms with Crippen LogP contribution in [0.3, 0.4) is 0 Å². The third-order valence-electron chi connectivity index (χ3n) is 5.28. The third kappa shape index (κ3) is 4.28. The number of alkyl carbamates (subject to hydrolysis) is 1.